The molecule has 80 valence electrons. The summed E-state index contributed by atoms with van der Waals surface area (Å²) in [5.41, 5.74) is 0.931. The van der Waals surface area contributed by atoms with E-state index in [1.54, 1.807) is 0 Å². The average molecular weight is 202 g/mol. The van der Waals surface area contributed by atoms with Gasteiger partial charge in [-0.05, 0) is 18.4 Å². The Balaban J connectivity index is 2.26. The maximum absolute atomic E-state index is 10.4. The zero-order valence-electron chi connectivity index (χ0n) is 9.02. The molecule has 0 bridgehead atoms. The summed E-state index contributed by atoms with van der Waals surface area (Å²) in [6, 6.07) is 9.92. The van der Waals surface area contributed by atoms with Gasteiger partial charge in [-0.3, -0.25) is 0 Å². The molecule has 1 aromatic rings. The van der Waals surface area contributed by atoms with Crippen molar-refractivity contribution in [1.29, 1.82) is 0 Å². The summed E-state index contributed by atoms with van der Waals surface area (Å²) in [6.07, 6.45) is 6.10. The molecule has 0 spiro atoms. The van der Waals surface area contributed by atoms with Crippen LogP contribution in [0.1, 0.15) is 37.4 Å². The Morgan fingerprint density at radius 3 is 2.33 bits per heavy atom. The smallest absolute Gasteiger partial charge is 0.0880 e. The second-order valence-electron chi connectivity index (χ2n) is 4.46. The van der Waals surface area contributed by atoms with Crippen LogP contribution in [0.15, 0.2) is 43.0 Å². The van der Waals surface area contributed by atoms with Gasteiger partial charge in [0.1, 0.15) is 0 Å². The van der Waals surface area contributed by atoms with Crippen LogP contribution in [0.3, 0.4) is 0 Å². The minimum atomic E-state index is -0.390. The maximum atomic E-state index is 10.4. The average Bonchev–Trinajstić information content (AvgIpc) is 2.79. The Morgan fingerprint density at radius 2 is 1.80 bits per heavy atom. The SMILES string of the molecule is C=CC1([C@@H](O)c2ccccc2)CCCC1. The second kappa shape index (κ2) is 4.19. The first kappa shape index (κ1) is 10.4. The van der Waals surface area contributed by atoms with Crippen LogP contribution in [0, 0.1) is 5.41 Å². The Labute approximate surface area is 91.4 Å². The second-order valence-corrected chi connectivity index (χ2v) is 4.46. The molecule has 15 heavy (non-hydrogen) atoms. The van der Waals surface area contributed by atoms with E-state index in [2.05, 4.69) is 6.58 Å². The van der Waals surface area contributed by atoms with E-state index in [0.717, 1.165) is 18.4 Å². The molecule has 0 aromatic heterocycles. The van der Waals surface area contributed by atoms with E-state index in [1.165, 1.54) is 12.8 Å². The minimum absolute atomic E-state index is 0.0820. The van der Waals surface area contributed by atoms with Gasteiger partial charge in [0, 0.05) is 5.41 Å². The summed E-state index contributed by atoms with van der Waals surface area (Å²) >= 11 is 0. The predicted molar refractivity (Wildman–Crippen MR) is 62.5 cm³/mol. The van der Waals surface area contributed by atoms with Crippen LogP contribution in [0.5, 0.6) is 0 Å². The Hall–Kier alpha value is -1.08. The van der Waals surface area contributed by atoms with Crippen molar-refractivity contribution >= 4 is 0 Å². The van der Waals surface area contributed by atoms with Crippen LogP contribution >= 0.6 is 0 Å². The standard InChI is InChI=1S/C14H18O/c1-2-14(10-6-7-11-14)13(15)12-8-4-3-5-9-12/h2-5,8-9,13,15H,1,6-7,10-11H2/t13-/m0/s1. The molecule has 0 aliphatic heterocycles. The molecule has 0 saturated heterocycles. The highest BCUT2D eigenvalue weighted by Crippen LogP contribution is 2.48. The van der Waals surface area contributed by atoms with Gasteiger partial charge in [0.15, 0.2) is 0 Å². The van der Waals surface area contributed by atoms with Crippen LogP contribution in [0.4, 0.5) is 0 Å². The molecular formula is C14H18O. The third-order valence-electron chi connectivity index (χ3n) is 3.60. The van der Waals surface area contributed by atoms with Gasteiger partial charge >= 0.3 is 0 Å². The highest BCUT2D eigenvalue weighted by Gasteiger charge is 2.38. The molecule has 1 atom stereocenters. The zero-order valence-corrected chi connectivity index (χ0v) is 9.02. The number of aliphatic hydroxyl groups excluding tert-OH is 1. The van der Waals surface area contributed by atoms with Crippen molar-refractivity contribution in [3.05, 3.63) is 48.6 Å². The van der Waals surface area contributed by atoms with Crippen molar-refractivity contribution in [3.63, 3.8) is 0 Å². The molecule has 0 amide bonds. The number of aliphatic hydroxyl groups is 1. The highest BCUT2D eigenvalue weighted by atomic mass is 16.3. The van der Waals surface area contributed by atoms with E-state index in [4.69, 9.17) is 0 Å². The van der Waals surface area contributed by atoms with Gasteiger partial charge in [-0.1, -0.05) is 49.2 Å². The van der Waals surface area contributed by atoms with E-state index >= 15 is 0 Å². The summed E-state index contributed by atoms with van der Waals surface area (Å²) in [6.45, 7) is 3.90. The third kappa shape index (κ3) is 1.84. The summed E-state index contributed by atoms with van der Waals surface area (Å²) in [5, 5.41) is 10.4. The van der Waals surface area contributed by atoms with Crippen molar-refractivity contribution in [2.75, 3.05) is 0 Å². The van der Waals surface area contributed by atoms with Crippen molar-refractivity contribution < 1.29 is 5.11 Å². The monoisotopic (exact) mass is 202 g/mol. The van der Waals surface area contributed by atoms with Crippen LogP contribution < -0.4 is 0 Å². The van der Waals surface area contributed by atoms with Gasteiger partial charge in [-0.15, -0.1) is 6.58 Å². The number of rotatable bonds is 3. The fraction of sp³-hybridized carbons (Fsp3) is 0.429. The molecule has 0 radical (unpaired) electrons. The van der Waals surface area contributed by atoms with E-state index in [9.17, 15) is 5.11 Å². The largest absolute Gasteiger partial charge is 0.388 e. The predicted octanol–water partition coefficient (Wildman–Crippen LogP) is 3.47. The number of benzene rings is 1. The molecule has 1 nitrogen and oxygen atoms in total. The molecule has 1 aliphatic carbocycles. The molecule has 0 heterocycles. The molecule has 1 aliphatic rings. The van der Waals surface area contributed by atoms with Gasteiger partial charge in [-0.2, -0.15) is 0 Å². The Kier molecular flexibility index (Phi) is 2.92. The molecule has 1 aromatic carbocycles. The van der Waals surface area contributed by atoms with Crippen molar-refractivity contribution in [2.24, 2.45) is 5.41 Å². The van der Waals surface area contributed by atoms with Gasteiger partial charge in [0.25, 0.3) is 0 Å². The summed E-state index contributed by atoms with van der Waals surface area (Å²) in [7, 11) is 0. The number of hydrogen-bond acceptors (Lipinski definition) is 1. The van der Waals surface area contributed by atoms with E-state index in [0.29, 0.717) is 0 Å². The molecular weight excluding hydrogens is 184 g/mol. The molecule has 1 fully saturated rings. The summed E-state index contributed by atoms with van der Waals surface area (Å²) in [5.74, 6) is 0. The normalized spacial score (nSPS) is 21.1. The van der Waals surface area contributed by atoms with E-state index in [-0.39, 0.29) is 5.41 Å². The van der Waals surface area contributed by atoms with Crippen LogP contribution in [0.2, 0.25) is 0 Å². The van der Waals surface area contributed by atoms with Crippen LogP contribution in [0.25, 0.3) is 0 Å². The van der Waals surface area contributed by atoms with Crippen LogP contribution in [-0.4, -0.2) is 5.11 Å². The number of hydrogen-bond donors (Lipinski definition) is 1. The lowest BCUT2D eigenvalue weighted by Crippen LogP contribution is -2.23. The van der Waals surface area contributed by atoms with Crippen molar-refractivity contribution in [1.82, 2.24) is 0 Å². The molecule has 2 rings (SSSR count). The maximum Gasteiger partial charge on any atom is 0.0880 e. The molecule has 0 unspecified atom stereocenters. The zero-order chi connectivity index (χ0) is 10.7. The van der Waals surface area contributed by atoms with E-state index in [1.807, 2.05) is 36.4 Å². The highest BCUT2D eigenvalue weighted by molar-refractivity contribution is 5.22. The van der Waals surface area contributed by atoms with Gasteiger partial charge < -0.3 is 5.11 Å². The first-order chi connectivity index (χ1) is 7.28. The lowest BCUT2D eigenvalue weighted by Gasteiger charge is -2.31. The summed E-state index contributed by atoms with van der Waals surface area (Å²) < 4.78 is 0. The summed E-state index contributed by atoms with van der Waals surface area (Å²) in [4.78, 5) is 0. The fourth-order valence-electron chi connectivity index (χ4n) is 2.59. The molecule has 1 heteroatoms. The molecule has 1 saturated carbocycles. The fourth-order valence-corrected chi connectivity index (χ4v) is 2.59. The topological polar surface area (TPSA) is 20.2 Å². The molecule has 1 N–H and O–H groups in total. The van der Waals surface area contributed by atoms with Crippen LogP contribution in [-0.2, 0) is 0 Å². The van der Waals surface area contributed by atoms with Gasteiger partial charge in [0.05, 0.1) is 6.10 Å². The van der Waals surface area contributed by atoms with Crippen molar-refractivity contribution in [3.8, 4) is 0 Å². The first-order valence-corrected chi connectivity index (χ1v) is 5.65. The lowest BCUT2D eigenvalue weighted by atomic mass is 9.77. The van der Waals surface area contributed by atoms with Crippen molar-refractivity contribution in [2.45, 2.75) is 31.8 Å². The Morgan fingerprint density at radius 1 is 1.20 bits per heavy atom. The van der Waals surface area contributed by atoms with Gasteiger partial charge in [-0.25, -0.2) is 0 Å². The quantitative estimate of drug-likeness (QED) is 0.744. The minimum Gasteiger partial charge on any atom is -0.388 e. The Bertz CT molecular complexity index is 322. The third-order valence-corrected chi connectivity index (χ3v) is 3.60. The van der Waals surface area contributed by atoms with Gasteiger partial charge in [0.2, 0.25) is 0 Å². The first-order valence-electron chi connectivity index (χ1n) is 5.65. The van der Waals surface area contributed by atoms with E-state index < -0.39 is 6.10 Å². The lowest BCUT2D eigenvalue weighted by molar-refractivity contribution is 0.0621.